The van der Waals surface area contributed by atoms with Crippen molar-refractivity contribution in [2.24, 2.45) is 10.2 Å². The number of hydrogen-bond acceptors (Lipinski definition) is 5. The SMILES string of the molecule is CCl.C[NH2+]/C=C\N(C)CN=Nc1ccc(Nc2ccc(OC)cc2)cc1. The number of benzene rings is 2. The topological polar surface area (TPSA) is 65.8 Å². The summed E-state index contributed by atoms with van der Waals surface area (Å²) >= 11 is 4.64. The second kappa shape index (κ2) is 12.7. The van der Waals surface area contributed by atoms with Crippen molar-refractivity contribution in [1.29, 1.82) is 0 Å². The Morgan fingerprint density at radius 1 is 1.08 bits per heavy atom. The molecule has 0 spiro atoms. The van der Waals surface area contributed by atoms with E-state index in [9.17, 15) is 0 Å². The Balaban J connectivity index is 0.00000163. The summed E-state index contributed by atoms with van der Waals surface area (Å²) in [6, 6.07) is 15.6. The normalized spacial score (nSPS) is 10.5. The van der Waals surface area contributed by atoms with Crippen LogP contribution in [0, 0.1) is 0 Å². The fourth-order valence-electron chi connectivity index (χ4n) is 1.95. The number of quaternary nitrogens is 1. The third-order valence-electron chi connectivity index (χ3n) is 3.25. The highest BCUT2D eigenvalue weighted by Crippen LogP contribution is 2.22. The number of rotatable bonds is 8. The van der Waals surface area contributed by atoms with Crippen molar-refractivity contribution < 1.29 is 10.1 Å². The maximum atomic E-state index is 5.15. The highest BCUT2D eigenvalue weighted by molar-refractivity contribution is 6.15. The molecule has 0 bridgehead atoms. The Bertz CT molecular complexity index is 671. The molecule has 0 atom stereocenters. The van der Waals surface area contributed by atoms with Crippen molar-refractivity contribution in [1.82, 2.24) is 4.90 Å². The molecule has 7 heteroatoms. The highest BCUT2D eigenvalue weighted by atomic mass is 35.5. The molecular formula is C19H27ClN5O+. The van der Waals surface area contributed by atoms with Crippen LogP contribution in [-0.2, 0) is 0 Å². The fraction of sp³-hybridized carbons (Fsp3) is 0.263. The predicted octanol–water partition coefficient (Wildman–Crippen LogP) is 3.93. The fourth-order valence-corrected chi connectivity index (χ4v) is 1.95. The Morgan fingerprint density at radius 2 is 1.65 bits per heavy atom. The first-order chi connectivity index (χ1) is 12.7. The van der Waals surface area contributed by atoms with Gasteiger partial charge in [0.15, 0.2) is 0 Å². The van der Waals surface area contributed by atoms with Crippen LogP contribution in [0.1, 0.15) is 0 Å². The van der Waals surface area contributed by atoms with Crippen molar-refractivity contribution >= 4 is 28.7 Å². The number of nitrogens with two attached hydrogens (primary N) is 1. The van der Waals surface area contributed by atoms with Crippen LogP contribution in [0.5, 0.6) is 5.75 Å². The average Bonchev–Trinajstić information content (AvgIpc) is 2.70. The van der Waals surface area contributed by atoms with Crippen LogP contribution in [0.4, 0.5) is 17.1 Å². The summed E-state index contributed by atoms with van der Waals surface area (Å²) in [5.74, 6) is 0.841. The molecule has 0 amide bonds. The van der Waals surface area contributed by atoms with E-state index in [2.05, 4.69) is 27.1 Å². The molecule has 0 unspecified atom stereocenters. The molecule has 2 rings (SSSR count). The summed E-state index contributed by atoms with van der Waals surface area (Å²) in [6.45, 7) is 0.524. The zero-order chi connectivity index (χ0) is 19.2. The van der Waals surface area contributed by atoms with Crippen molar-refractivity contribution in [3.63, 3.8) is 0 Å². The number of ether oxygens (including phenoxy) is 1. The molecule has 0 aliphatic carbocycles. The molecular weight excluding hydrogens is 350 g/mol. The number of alkyl halides is 1. The maximum Gasteiger partial charge on any atom is 0.131 e. The summed E-state index contributed by atoms with van der Waals surface area (Å²) in [6.07, 6.45) is 5.40. The molecule has 3 N–H and O–H groups in total. The third-order valence-corrected chi connectivity index (χ3v) is 3.25. The first-order valence-corrected chi connectivity index (χ1v) is 8.89. The van der Waals surface area contributed by atoms with Crippen LogP contribution in [-0.4, -0.2) is 39.2 Å². The zero-order valence-electron chi connectivity index (χ0n) is 15.7. The van der Waals surface area contributed by atoms with E-state index in [4.69, 9.17) is 4.74 Å². The Kier molecular flexibility index (Phi) is 10.5. The van der Waals surface area contributed by atoms with E-state index in [1.807, 2.05) is 85.2 Å². The lowest BCUT2D eigenvalue weighted by molar-refractivity contribution is -0.557. The summed E-state index contributed by atoms with van der Waals surface area (Å²) in [4.78, 5) is 1.96. The molecule has 0 saturated heterocycles. The van der Waals surface area contributed by atoms with Crippen LogP contribution in [0.3, 0.4) is 0 Å². The van der Waals surface area contributed by atoms with E-state index in [0.717, 1.165) is 22.8 Å². The lowest BCUT2D eigenvalue weighted by Gasteiger charge is -2.08. The van der Waals surface area contributed by atoms with Crippen molar-refractivity contribution in [2.45, 2.75) is 0 Å². The molecule has 6 nitrogen and oxygen atoms in total. The van der Waals surface area contributed by atoms with Crippen molar-refractivity contribution in [2.75, 3.05) is 39.6 Å². The molecule has 26 heavy (non-hydrogen) atoms. The van der Waals surface area contributed by atoms with Gasteiger partial charge < -0.3 is 20.3 Å². The largest absolute Gasteiger partial charge is 0.497 e. The van der Waals surface area contributed by atoms with E-state index in [1.165, 1.54) is 6.38 Å². The Hall–Kier alpha value is -2.57. The predicted molar refractivity (Wildman–Crippen MR) is 109 cm³/mol. The van der Waals surface area contributed by atoms with Crippen LogP contribution < -0.4 is 15.4 Å². The third kappa shape index (κ3) is 8.00. The van der Waals surface area contributed by atoms with E-state index in [-0.39, 0.29) is 0 Å². The van der Waals surface area contributed by atoms with E-state index >= 15 is 0 Å². The van der Waals surface area contributed by atoms with Gasteiger partial charge in [0.25, 0.3) is 0 Å². The molecule has 0 aliphatic rings. The highest BCUT2D eigenvalue weighted by Gasteiger charge is 1.97. The lowest BCUT2D eigenvalue weighted by Crippen LogP contribution is -2.72. The van der Waals surface area contributed by atoms with Gasteiger partial charge in [-0.25, -0.2) is 0 Å². The van der Waals surface area contributed by atoms with Gasteiger partial charge in [0.05, 0.1) is 26.0 Å². The van der Waals surface area contributed by atoms with E-state index in [1.54, 1.807) is 7.11 Å². The van der Waals surface area contributed by atoms with Crippen molar-refractivity contribution in [3.05, 3.63) is 60.9 Å². The van der Waals surface area contributed by atoms with Crippen LogP contribution in [0.2, 0.25) is 0 Å². The number of methoxy groups -OCH3 is 1. The first kappa shape index (κ1) is 21.5. The molecule has 0 aromatic heterocycles. The minimum Gasteiger partial charge on any atom is -0.497 e. The van der Waals surface area contributed by atoms with Crippen LogP contribution in [0.15, 0.2) is 71.2 Å². The van der Waals surface area contributed by atoms with E-state index < -0.39 is 0 Å². The van der Waals surface area contributed by atoms with Gasteiger partial charge in [0.1, 0.15) is 18.6 Å². The molecule has 0 radical (unpaired) electrons. The number of anilines is 2. The van der Waals surface area contributed by atoms with Crippen LogP contribution in [0.25, 0.3) is 0 Å². The first-order valence-electron chi connectivity index (χ1n) is 8.14. The summed E-state index contributed by atoms with van der Waals surface area (Å²) < 4.78 is 5.15. The van der Waals surface area contributed by atoms with Gasteiger partial charge in [0.2, 0.25) is 0 Å². The number of azo groups is 1. The minimum atomic E-state index is 0.524. The average molecular weight is 377 g/mol. The monoisotopic (exact) mass is 376 g/mol. The van der Waals surface area contributed by atoms with Crippen molar-refractivity contribution in [3.8, 4) is 5.75 Å². The van der Waals surface area contributed by atoms with Gasteiger partial charge in [0, 0.05) is 24.8 Å². The van der Waals surface area contributed by atoms with Gasteiger partial charge >= 0.3 is 0 Å². The molecule has 140 valence electrons. The maximum absolute atomic E-state index is 5.15. The number of halogens is 1. The molecule has 2 aromatic carbocycles. The molecule has 2 aromatic rings. The summed E-state index contributed by atoms with van der Waals surface area (Å²) in [5, 5.41) is 13.7. The number of hydrogen-bond donors (Lipinski definition) is 2. The lowest BCUT2D eigenvalue weighted by atomic mass is 10.2. The van der Waals surface area contributed by atoms with Gasteiger partial charge in [-0.1, -0.05) is 0 Å². The van der Waals surface area contributed by atoms with Gasteiger partial charge in [-0.3, -0.25) is 0 Å². The minimum absolute atomic E-state index is 0.524. The second-order valence-electron chi connectivity index (χ2n) is 5.22. The zero-order valence-corrected chi connectivity index (χ0v) is 16.4. The molecule has 0 saturated carbocycles. The molecule has 0 heterocycles. The van der Waals surface area contributed by atoms with Crippen LogP contribution >= 0.6 is 11.6 Å². The second-order valence-corrected chi connectivity index (χ2v) is 5.22. The standard InChI is InChI=1S/C18H23N5O.CH3Cl/c1-19-12-13-23(2)14-20-22-17-6-4-15(5-7-17)21-16-8-10-18(24-3)11-9-16;1-2/h4-13,19,21H,14H2,1-3H3;1H3/p+1/b13-12-,22-20?;. The Labute approximate surface area is 160 Å². The molecule has 0 fully saturated rings. The van der Waals surface area contributed by atoms with Gasteiger partial charge in [-0.05, 0) is 48.5 Å². The number of nitrogens with zero attached hydrogens (tertiary/aromatic N) is 3. The number of nitrogens with one attached hydrogen (secondary N) is 1. The van der Waals surface area contributed by atoms with Gasteiger partial charge in [-0.15, -0.1) is 11.6 Å². The molecule has 0 aliphatic heterocycles. The summed E-state index contributed by atoms with van der Waals surface area (Å²) in [7, 11) is 5.60. The quantitative estimate of drug-likeness (QED) is 0.542. The van der Waals surface area contributed by atoms with E-state index in [0.29, 0.717) is 6.67 Å². The summed E-state index contributed by atoms with van der Waals surface area (Å²) in [5.41, 5.74) is 2.83. The van der Waals surface area contributed by atoms with Gasteiger partial charge in [-0.2, -0.15) is 10.2 Å². The smallest absolute Gasteiger partial charge is 0.131 e. The Morgan fingerprint density at radius 3 is 2.19 bits per heavy atom.